The van der Waals surface area contributed by atoms with E-state index in [1.165, 1.54) is 73.7 Å². The minimum absolute atomic E-state index is 0.785. The van der Waals surface area contributed by atoms with Gasteiger partial charge in [0.25, 0.3) is 0 Å². The summed E-state index contributed by atoms with van der Waals surface area (Å²) in [6.45, 7) is 5.68. The number of rotatable bonds is 4. The van der Waals surface area contributed by atoms with E-state index in [9.17, 15) is 0 Å². The van der Waals surface area contributed by atoms with Gasteiger partial charge in [0, 0.05) is 30.6 Å². The van der Waals surface area contributed by atoms with Crippen LogP contribution in [-0.2, 0) is 6.54 Å². The Bertz CT molecular complexity index is 494. The Morgan fingerprint density at radius 1 is 1.14 bits per heavy atom. The summed E-state index contributed by atoms with van der Waals surface area (Å²) in [6, 6.07) is 0.785. The molecule has 21 heavy (non-hydrogen) atoms. The first-order valence-electron chi connectivity index (χ1n) is 8.74. The van der Waals surface area contributed by atoms with E-state index in [-0.39, 0.29) is 0 Å². The van der Waals surface area contributed by atoms with E-state index in [1.807, 2.05) is 11.3 Å². The lowest BCUT2D eigenvalue weighted by Gasteiger charge is -2.41. The van der Waals surface area contributed by atoms with Crippen molar-refractivity contribution in [3.8, 4) is 0 Å². The lowest BCUT2D eigenvalue weighted by molar-refractivity contribution is 0.202. The normalized spacial score (nSPS) is 29.5. The molecule has 2 aliphatic carbocycles. The molecule has 1 saturated heterocycles. The van der Waals surface area contributed by atoms with Crippen molar-refractivity contribution < 1.29 is 0 Å². The van der Waals surface area contributed by atoms with Gasteiger partial charge in [-0.25, -0.2) is 4.98 Å². The summed E-state index contributed by atoms with van der Waals surface area (Å²) in [5.74, 6) is 1.94. The molecule has 0 bridgehead atoms. The molecule has 3 aliphatic rings. The second kappa shape index (κ2) is 5.88. The molecule has 1 N–H and O–H groups in total. The van der Waals surface area contributed by atoms with Gasteiger partial charge in [-0.3, -0.25) is 0 Å². The molecule has 2 saturated carbocycles. The Labute approximate surface area is 132 Å². The minimum atomic E-state index is 0.785. The average Bonchev–Trinajstić information content (AvgIpc) is 3.27. The van der Waals surface area contributed by atoms with Crippen molar-refractivity contribution >= 4 is 16.5 Å². The Hall–Kier alpha value is -0.610. The fourth-order valence-electron chi connectivity index (χ4n) is 4.01. The van der Waals surface area contributed by atoms with Gasteiger partial charge in [-0.05, 0) is 44.4 Å². The topological polar surface area (TPSA) is 28.2 Å². The first-order chi connectivity index (χ1) is 10.3. The molecular formula is C17H27N3S. The first kappa shape index (κ1) is 14.0. The zero-order valence-corrected chi connectivity index (χ0v) is 13.9. The molecule has 1 aromatic heterocycles. The number of thiazole rings is 1. The predicted octanol–water partition coefficient (Wildman–Crippen LogP) is 3.72. The highest BCUT2D eigenvalue weighted by molar-refractivity contribution is 7.15. The molecule has 0 spiro atoms. The Kier molecular flexibility index (Phi) is 3.92. The third-order valence-corrected chi connectivity index (χ3v) is 6.79. The van der Waals surface area contributed by atoms with Crippen LogP contribution < -0.4 is 10.2 Å². The fourth-order valence-corrected chi connectivity index (χ4v) is 5.06. The largest absolute Gasteiger partial charge is 0.348 e. The Morgan fingerprint density at radius 3 is 2.76 bits per heavy atom. The standard InChI is InChI=1S/C17H27N3S/c1-12-16(10-18-15-6-7-15)21-17(19-12)20-9-8-13-4-2-3-5-14(13)11-20/h13-15,18H,2-11H2,1H3. The summed E-state index contributed by atoms with van der Waals surface area (Å²) < 4.78 is 0. The number of fused-ring (bicyclic) bond motifs is 1. The molecule has 116 valence electrons. The molecule has 2 heterocycles. The molecule has 3 fully saturated rings. The van der Waals surface area contributed by atoms with Gasteiger partial charge in [0.2, 0.25) is 0 Å². The number of hydrogen-bond acceptors (Lipinski definition) is 4. The molecule has 1 aliphatic heterocycles. The minimum Gasteiger partial charge on any atom is -0.348 e. The van der Waals surface area contributed by atoms with Crippen molar-refractivity contribution in [2.45, 2.75) is 64.5 Å². The average molecular weight is 305 g/mol. The van der Waals surface area contributed by atoms with E-state index in [0.717, 1.165) is 24.4 Å². The Balaban J connectivity index is 1.42. The second-order valence-corrected chi connectivity index (χ2v) is 8.26. The summed E-state index contributed by atoms with van der Waals surface area (Å²) in [4.78, 5) is 8.90. The first-order valence-corrected chi connectivity index (χ1v) is 9.56. The summed E-state index contributed by atoms with van der Waals surface area (Å²) in [7, 11) is 0. The number of piperidine rings is 1. The van der Waals surface area contributed by atoms with Crippen LogP contribution in [0.1, 0.15) is 55.5 Å². The van der Waals surface area contributed by atoms with E-state index < -0.39 is 0 Å². The van der Waals surface area contributed by atoms with E-state index in [1.54, 1.807) is 0 Å². The second-order valence-electron chi connectivity index (χ2n) is 7.20. The SMILES string of the molecule is Cc1nc(N2CCC3CCCCC3C2)sc1CNC1CC1. The number of nitrogens with one attached hydrogen (secondary N) is 1. The van der Waals surface area contributed by atoms with Crippen molar-refractivity contribution in [3.63, 3.8) is 0 Å². The van der Waals surface area contributed by atoms with Crippen LogP contribution in [0.3, 0.4) is 0 Å². The van der Waals surface area contributed by atoms with E-state index in [4.69, 9.17) is 4.98 Å². The van der Waals surface area contributed by atoms with Crippen LogP contribution >= 0.6 is 11.3 Å². The highest BCUT2D eigenvalue weighted by Gasteiger charge is 2.32. The molecule has 2 atom stereocenters. The van der Waals surface area contributed by atoms with Crippen LogP contribution in [0.15, 0.2) is 0 Å². The highest BCUT2D eigenvalue weighted by atomic mass is 32.1. The third-order valence-electron chi connectivity index (χ3n) is 5.57. The lowest BCUT2D eigenvalue weighted by atomic mass is 9.75. The summed E-state index contributed by atoms with van der Waals surface area (Å²) in [5, 5.41) is 4.91. The number of aromatic nitrogens is 1. The molecule has 0 radical (unpaired) electrons. The number of hydrogen-bond donors (Lipinski definition) is 1. The van der Waals surface area contributed by atoms with Crippen molar-refractivity contribution in [1.29, 1.82) is 0 Å². The maximum absolute atomic E-state index is 4.87. The van der Waals surface area contributed by atoms with E-state index >= 15 is 0 Å². The number of anilines is 1. The summed E-state index contributed by atoms with van der Waals surface area (Å²) in [5.41, 5.74) is 1.24. The van der Waals surface area contributed by atoms with Gasteiger partial charge in [0.05, 0.1) is 5.69 Å². The van der Waals surface area contributed by atoms with E-state index in [2.05, 4.69) is 17.1 Å². The quantitative estimate of drug-likeness (QED) is 0.919. The van der Waals surface area contributed by atoms with Gasteiger partial charge in [-0.15, -0.1) is 11.3 Å². The molecule has 4 rings (SSSR count). The van der Waals surface area contributed by atoms with Crippen molar-refractivity contribution in [1.82, 2.24) is 10.3 Å². The zero-order valence-electron chi connectivity index (χ0n) is 13.1. The van der Waals surface area contributed by atoms with Crippen LogP contribution in [0.25, 0.3) is 0 Å². The molecular weight excluding hydrogens is 278 g/mol. The Morgan fingerprint density at radius 2 is 1.95 bits per heavy atom. The molecule has 2 unspecified atom stereocenters. The van der Waals surface area contributed by atoms with Gasteiger partial charge in [0.1, 0.15) is 0 Å². The van der Waals surface area contributed by atoms with Crippen molar-refractivity contribution in [2.24, 2.45) is 11.8 Å². The molecule has 3 nitrogen and oxygen atoms in total. The molecule has 4 heteroatoms. The fraction of sp³-hybridized carbons (Fsp3) is 0.824. The lowest BCUT2D eigenvalue weighted by Crippen LogP contribution is -2.41. The van der Waals surface area contributed by atoms with Crippen LogP contribution in [0, 0.1) is 18.8 Å². The summed E-state index contributed by atoms with van der Waals surface area (Å²) in [6.07, 6.45) is 9.95. The van der Waals surface area contributed by atoms with Crippen molar-refractivity contribution in [3.05, 3.63) is 10.6 Å². The maximum Gasteiger partial charge on any atom is 0.185 e. The van der Waals surface area contributed by atoms with Crippen LogP contribution in [0.2, 0.25) is 0 Å². The van der Waals surface area contributed by atoms with Gasteiger partial charge >= 0.3 is 0 Å². The third kappa shape index (κ3) is 3.11. The van der Waals surface area contributed by atoms with Gasteiger partial charge in [0.15, 0.2) is 5.13 Å². The number of aryl methyl sites for hydroxylation is 1. The van der Waals surface area contributed by atoms with Gasteiger partial charge in [-0.2, -0.15) is 0 Å². The van der Waals surface area contributed by atoms with Gasteiger partial charge < -0.3 is 10.2 Å². The monoisotopic (exact) mass is 305 g/mol. The van der Waals surface area contributed by atoms with E-state index in [0.29, 0.717) is 0 Å². The summed E-state index contributed by atoms with van der Waals surface area (Å²) >= 11 is 1.93. The number of nitrogens with zero attached hydrogens (tertiary/aromatic N) is 2. The van der Waals surface area contributed by atoms with Crippen LogP contribution in [0.5, 0.6) is 0 Å². The molecule has 0 amide bonds. The zero-order chi connectivity index (χ0) is 14.2. The molecule has 1 aromatic rings. The van der Waals surface area contributed by atoms with Gasteiger partial charge in [-0.1, -0.05) is 19.3 Å². The maximum atomic E-state index is 4.87. The van der Waals surface area contributed by atoms with Crippen LogP contribution in [-0.4, -0.2) is 24.1 Å². The molecule has 0 aromatic carbocycles. The predicted molar refractivity (Wildman–Crippen MR) is 89.0 cm³/mol. The highest BCUT2D eigenvalue weighted by Crippen LogP contribution is 2.38. The van der Waals surface area contributed by atoms with Crippen LogP contribution in [0.4, 0.5) is 5.13 Å². The van der Waals surface area contributed by atoms with Crippen molar-refractivity contribution in [2.75, 3.05) is 18.0 Å². The smallest absolute Gasteiger partial charge is 0.185 e.